The average molecular weight is 262 g/mol. The highest BCUT2D eigenvalue weighted by Crippen LogP contribution is 2.06. The SMILES string of the molecule is COCCN(C(=O)CC(CN)OC)C(C)COC. The zero-order valence-electron chi connectivity index (χ0n) is 11.8. The number of hydrogen-bond donors (Lipinski definition) is 1. The van der Waals surface area contributed by atoms with Gasteiger partial charge in [-0.25, -0.2) is 0 Å². The van der Waals surface area contributed by atoms with E-state index in [4.69, 9.17) is 19.9 Å². The van der Waals surface area contributed by atoms with E-state index in [0.29, 0.717) is 26.3 Å². The van der Waals surface area contributed by atoms with Gasteiger partial charge in [0.05, 0.1) is 31.8 Å². The van der Waals surface area contributed by atoms with Crippen molar-refractivity contribution < 1.29 is 19.0 Å². The molecule has 0 saturated heterocycles. The summed E-state index contributed by atoms with van der Waals surface area (Å²) < 4.78 is 15.2. The van der Waals surface area contributed by atoms with Gasteiger partial charge >= 0.3 is 0 Å². The van der Waals surface area contributed by atoms with Crippen LogP contribution in [0.4, 0.5) is 0 Å². The molecule has 0 saturated carbocycles. The number of methoxy groups -OCH3 is 3. The highest BCUT2D eigenvalue weighted by atomic mass is 16.5. The van der Waals surface area contributed by atoms with Gasteiger partial charge in [0.1, 0.15) is 0 Å². The molecular formula is C12H26N2O4. The van der Waals surface area contributed by atoms with Crippen molar-refractivity contribution in [3.05, 3.63) is 0 Å². The first kappa shape index (κ1) is 17.3. The Labute approximate surface area is 109 Å². The molecule has 0 spiro atoms. The van der Waals surface area contributed by atoms with Crippen molar-refractivity contribution in [3.63, 3.8) is 0 Å². The third-order valence-electron chi connectivity index (χ3n) is 2.80. The Morgan fingerprint density at radius 2 is 1.94 bits per heavy atom. The van der Waals surface area contributed by atoms with E-state index < -0.39 is 0 Å². The topological polar surface area (TPSA) is 74.0 Å². The van der Waals surface area contributed by atoms with E-state index in [1.165, 1.54) is 0 Å². The van der Waals surface area contributed by atoms with E-state index in [9.17, 15) is 4.79 Å². The third kappa shape index (κ3) is 6.30. The predicted molar refractivity (Wildman–Crippen MR) is 69.4 cm³/mol. The summed E-state index contributed by atoms with van der Waals surface area (Å²) in [5.74, 6) is 0.00824. The lowest BCUT2D eigenvalue weighted by Crippen LogP contribution is -2.44. The Hall–Kier alpha value is -0.690. The molecule has 18 heavy (non-hydrogen) atoms. The minimum atomic E-state index is -0.239. The van der Waals surface area contributed by atoms with E-state index in [-0.39, 0.29) is 24.5 Å². The van der Waals surface area contributed by atoms with Gasteiger partial charge in [0.25, 0.3) is 0 Å². The van der Waals surface area contributed by atoms with Crippen LogP contribution >= 0.6 is 0 Å². The summed E-state index contributed by atoms with van der Waals surface area (Å²) in [6, 6.07) is 0.00734. The number of carbonyl (C=O) groups excluding carboxylic acids is 1. The van der Waals surface area contributed by atoms with E-state index in [0.717, 1.165) is 0 Å². The fraction of sp³-hybridized carbons (Fsp3) is 0.917. The van der Waals surface area contributed by atoms with Crippen molar-refractivity contribution in [3.8, 4) is 0 Å². The molecule has 0 rings (SSSR count). The smallest absolute Gasteiger partial charge is 0.225 e. The van der Waals surface area contributed by atoms with Gasteiger partial charge < -0.3 is 24.8 Å². The first-order chi connectivity index (χ1) is 8.60. The average Bonchev–Trinajstić information content (AvgIpc) is 2.36. The van der Waals surface area contributed by atoms with Crippen LogP contribution in [0.25, 0.3) is 0 Å². The summed E-state index contributed by atoms with van der Waals surface area (Å²) in [5.41, 5.74) is 5.52. The first-order valence-corrected chi connectivity index (χ1v) is 6.10. The van der Waals surface area contributed by atoms with Gasteiger partial charge in [-0.1, -0.05) is 0 Å². The van der Waals surface area contributed by atoms with Gasteiger partial charge in [0.15, 0.2) is 0 Å². The molecule has 2 unspecified atom stereocenters. The van der Waals surface area contributed by atoms with Crippen molar-refractivity contribution in [1.29, 1.82) is 0 Å². The molecule has 0 aromatic rings. The molecule has 0 aromatic heterocycles. The van der Waals surface area contributed by atoms with E-state index >= 15 is 0 Å². The summed E-state index contributed by atoms with van der Waals surface area (Å²) in [4.78, 5) is 13.9. The maximum absolute atomic E-state index is 12.2. The van der Waals surface area contributed by atoms with Crippen LogP contribution in [-0.2, 0) is 19.0 Å². The number of hydrogen-bond acceptors (Lipinski definition) is 5. The molecule has 1 amide bonds. The minimum Gasteiger partial charge on any atom is -0.383 e. The summed E-state index contributed by atoms with van der Waals surface area (Å²) in [6.07, 6.45) is 0.0439. The van der Waals surface area contributed by atoms with E-state index in [1.54, 1.807) is 26.2 Å². The molecule has 0 fully saturated rings. The molecule has 2 atom stereocenters. The number of carbonyl (C=O) groups is 1. The highest BCUT2D eigenvalue weighted by Gasteiger charge is 2.22. The second kappa shape index (κ2) is 10.3. The maximum atomic E-state index is 12.2. The van der Waals surface area contributed by atoms with Crippen molar-refractivity contribution >= 4 is 5.91 Å². The summed E-state index contributed by atoms with van der Waals surface area (Å²) in [5, 5.41) is 0. The molecule has 0 bridgehead atoms. The lowest BCUT2D eigenvalue weighted by Gasteiger charge is -2.29. The first-order valence-electron chi connectivity index (χ1n) is 6.10. The Morgan fingerprint density at radius 1 is 1.28 bits per heavy atom. The summed E-state index contributed by atoms with van der Waals surface area (Å²) in [7, 11) is 4.79. The maximum Gasteiger partial charge on any atom is 0.225 e. The van der Waals surface area contributed by atoms with Gasteiger partial charge in [-0.2, -0.15) is 0 Å². The van der Waals surface area contributed by atoms with E-state index in [2.05, 4.69) is 0 Å². The van der Waals surface area contributed by atoms with Crippen LogP contribution in [0.5, 0.6) is 0 Å². The molecule has 0 aliphatic heterocycles. The Kier molecular flexibility index (Phi) is 9.86. The van der Waals surface area contributed by atoms with Crippen LogP contribution in [0, 0.1) is 0 Å². The molecule has 0 aromatic carbocycles. The highest BCUT2D eigenvalue weighted by molar-refractivity contribution is 5.77. The molecule has 0 radical (unpaired) electrons. The van der Waals surface area contributed by atoms with Crippen LogP contribution in [0.1, 0.15) is 13.3 Å². The Balaban J connectivity index is 4.47. The minimum absolute atomic E-state index is 0.00734. The molecule has 0 aliphatic carbocycles. The standard InChI is InChI=1S/C12H26N2O4/c1-10(9-17-3)14(5-6-16-2)12(15)7-11(8-13)18-4/h10-11H,5-9,13H2,1-4H3. The predicted octanol–water partition coefficient (Wildman–Crippen LogP) is -0.140. The normalized spacial score (nSPS) is 14.3. The molecule has 6 nitrogen and oxygen atoms in total. The molecule has 0 aliphatic rings. The fourth-order valence-corrected chi connectivity index (χ4v) is 1.69. The van der Waals surface area contributed by atoms with E-state index in [1.807, 2.05) is 6.92 Å². The molecule has 108 valence electrons. The largest absolute Gasteiger partial charge is 0.383 e. The Morgan fingerprint density at radius 3 is 2.39 bits per heavy atom. The number of nitrogens with two attached hydrogens (primary N) is 1. The van der Waals surface area contributed by atoms with Crippen molar-refractivity contribution in [1.82, 2.24) is 4.90 Å². The fourth-order valence-electron chi connectivity index (χ4n) is 1.69. The zero-order chi connectivity index (χ0) is 14.0. The van der Waals surface area contributed by atoms with Crippen molar-refractivity contribution in [2.45, 2.75) is 25.5 Å². The van der Waals surface area contributed by atoms with Crippen LogP contribution in [0.2, 0.25) is 0 Å². The van der Waals surface area contributed by atoms with Crippen molar-refractivity contribution in [2.24, 2.45) is 5.73 Å². The van der Waals surface area contributed by atoms with Crippen LogP contribution in [0.3, 0.4) is 0 Å². The molecule has 6 heteroatoms. The lowest BCUT2D eigenvalue weighted by atomic mass is 10.2. The number of rotatable bonds is 10. The molecular weight excluding hydrogens is 236 g/mol. The molecule has 2 N–H and O–H groups in total. The number of amides is 1. The number of nitrogens with zero attached hydrogens (tertiary/aromatic N) is 1. The quantitative estimate of drug-likeness (QED) is 0.593. The van der Waals surface area contributed by atoms with Crippen LogP contribution < -0.4 is 5.73 Å². The molecule has 0 heterocycles. The van der Waals surface area contributed by atoms with Gasteiger partial charge in [-0.05, 0) is 6.92 Å². The van der Waals surface area contributed by atoms with Gasteiger partial charge in [0, 0.05) is 34.4 Å². The second-order valence-corrected chi connectivity index (χ2v) is 4.18. The monoisotopic (exact) mass is 262 g/mol. The lowest BCUT2D eigenvalue weighted by molar-refractivity contribution is -0.137. The van der Waals surface area contributed by atoms with Crippen LogP contribution in [0.15, 0.2) is 0 Å². The van der Waals surface area contributed by atoms with Gasteiger partial charge in [-0.3, -0.25) is 4.79 Å². The van der Waals surface area contributed by atoms with Gasteiger partial charge in [-0.15, -0.1) is 0 Å². The van der Waals surface area contributed by atoms with Gasteiger partial charge in [0.2, 0.25) is 5.91 Å². The third-order valence-corrected chi connectivity index (χ3v) is 2.80. The zero-order valence-corrected chi connectivity index (χ0v) is 11.8. The Bertz CT molecular complexity index is 222. The number of ether oxygens (including phenoxy) is 3. The second-order valence-electron chi connectivity index (χ2n) is 4.18. The summed E-state index contributed by atoms with van der Waals surface area (Å²) >= 11 is 0. The van der Waals surface area contributed by atoms with Crippen LogP contribution in [-0.4, -0.2) is 70.6 Å². The van der Waals surface area contributed by atoms with Crippen molar-refractivity contribution in [2.75, 3.05) is 47.6 Å². The summed E-state index contributed by atoms with van der Waals surface area (Å²) in [6.45, 7) is 3.82.